The van der Waals surface area contributed by atoms with Gasteiger partial charge in [-0.15, -0.1) is 11.3 Å². The molecule has 4 heterocycles. The van der Waals surface area contributed by atoms with Gasteiger partial charge in [0.05, 0.1) is 16.8 Å². The van der Waals surface area contributed by atoms with Crippen molar-refractivity contribution in [3.05, 3.63) is 114 Å². The van der Waals surface area contributed by atoms with Crippen molar-refractivity contribution in [3.63, 3.8) is 0 Å². The van der Waals surface area contributed by atoms with Gasteiger partial charge >= 0.3 is 0 Å². The molecule has 0 bridgehead atoms. The number of rotatable bonds is 3. The van der Waals surface area contributed by atoms with E-state index in [2.05, 4.69) is 15.6 Å². The highest BCUT2D eigenvalue weighted by Gasteiger charge is 2.34. The van der Waals surface area contributed by atoms with Crippen LogP contribution in [0.15, 0.2) is 93.2 Å². The fourth-order valence-electron chi connectivity index (χ4n) is 4.44. The van der Waals surface area contributed by atoms with E-state index in [0.717, 1.165) is 4.88 Å². The molecule has 172 valence electrons. The first-order chi connectivity index (χ1) is 17.0. The first-order valence-electron chi connectivity index (χ1n) is 10.9. The third kappa shape index (κ3) is 3.48. The van der Waals surface area contributed by atoms with Crippen molar-refractivity contribution in [2.75, 3.05) is 10.6 Å². The molecule has 9 heteroatoms. The number of nitrogens with one attached hydrogen (secondary N) is 2. The Morgan fingerprint density at radius 3 is 2.57 bits per heavy atom. The predicted molar refractivity (Wildman–Crippen MR) is 137 cm³/mol. The van der Waals surface area contributed by atoms with Crippen LogP contribution in [0.4, 0.5) is 11.4 Å². The van der Waals surface area contributed by atoms with E-state index in [-0.39, 0.29) is 17.4 Å². The second-order valence-corrected chi connectivity index (χ2v) is 10.1. The zero-order valence-corrected chi connectivity index (χ0v) is 20.1. The molecule has 2 aliphatic heterocycles. The average molecular weight is 499 g/mol. The van der Waals surface area contributed by atoms with Crippen molar-refractivity contribution >= 4 is 51.4 Å². The molecule has 0 fully saturated rings. The number of carbonyl (C=O) groups excluding carboxylic acids is 2. The van der Waals surface area contributed by atoms with Crippen LogP contribution in [-0.4, -0.2) is 16.4 Å². The maximum Gasteiger partial charge on any atom is 0.272 e. The molecule has 2 amide bonds. The summed E-state index contributed by atoms with van der Waals surface area (Å²) in [6.45, 7) is 1.78. The molecule has 35 heavy (non-hydrogen) atoms. The van der Waals surface area contributed by atoms with Crippen molar-refractivity contribution < 1.29 is 9.59 Å². The molecule has 0 spiro atoms. The van der Waals surface area contributed by atoms with Gasteiger partial charge in [0.25, 0.3) is 17.4 Å². The summed E-state index contributed by atoms with van der Waals surface area (Å²) >= 11 is 2.64. The Hall–Kier alpha value is -4.08. The first-order valence-corrected chi connectivity index (χ1v) is 12.6. The van der Waals surface area contributed by atoms with E-state index in [0.29, 0.717) is 43.1 Å². The summed E-state index contributed by atoms with van der Waals surface area (Å²) < 4.78 is 1.85. The molecule has 2 aliphatic rings. The number of hydrogen-bond acceptors (Lipinski definition) is 6. The van der Waals surface area contributed by atoms with Crippen molar-refractivity contribution in [3.8, 4) is 0 Å². The Morgan fingerprint density at radius 2 is 1.80 bits per heavy atom. The third-order valence-electron chi connectivity index (χ3n) is 5.98. The van der Waals surface area contributed by atoms with Crippen LogP contribution in [0.1, 0.15) is 23.4 Å². The fraction of sp³-hybridized carbons (Fsp3) is 0.0769. The van der Waals surface area contributed by atoms with E-state index in [1.165, 1.54) is 22.7 Å². The molecular weight excluding hydrogens is 480 g/mol. The second-order valence-electron chi connectivity index (χ2n) is 8.11. The van der Waals surface area contributed by atoms with Gasteiger partial charge in [-0.2, -0.15) is 0 Å². The third-order valence-corrected chi connectivity index (χ3v) is 7.96. The van der Waals surface area contributed by atoms with E-state index >= 15 is 0 Å². The van der Waals surface area contributed by atoms with Crippen molar-refractivity contribution in [2.24, 2.45) is 4.99 Å². The SMILES string of the molecule is CC1=C(C(=O)Nc2ccccc2)[C@H](c2cccs2)n2c(s/c(=C3/C(=O)Nc4ccccc43)c2=O)=N1. The summed E-state index contributed by atoms with van der Waals surface area (Å²) in [4.78, 5) is 46.1. The predicted octanol–water partition coefficient (Wildman–Crippen LogP) is 3.26. The maximum absolute atomic E-state index is 13.9. The summed E-state index contributed by atoms with van der Waals surface area (Å²) in [5.41, 5.74) is 2.95. The quantitative estimate of drug-likeness (QED) is 0.454. The lowest BCUT2D eigenvalue weighted by molar-refractivity contribution is -0.113. The molecule has 1 atom stereocenters. The van der Waals surface area contributed by atoms with Gasteiger partial charge in [0, 0.05) is 21.8 Å². The minimum absolute atomic E-state index is 0.310. The van der Waals surface area contributed by atoms with Crippen LogP contribution >= 0.6 is 22.7 Å². The minimum atomic E-state index is -0.649. The van der Waals surface area contributed by atoms with Gasteiger partial charge in [-0.1, -0.05) is 53.8 Å². The van der Waals surface area contributed by atoms with E-state index in [9.17, 15) is 14.4 Å². The summed E-state index contributed by atoms with van der Waals surface area (Å²) in [5.74, 6) is -0.639. The van der Waals surface area contributed by atoms with Gasteiger partial charge < -0.3 is 10.6 Å². The number of thiophene rings is 1. The smallest absolute Gasteiger partial charge is 0.272 e. The highest BCUT2D eigenvalue weighted by Crippen LogP contribution is 2.34. The Bertz CT molecular complexity index is 1710. The lowest BCUT2D eigenvalue weighted by Crippen LogP contribution is -2.41. The van der Waals surface area contributed by atoms with Crippen LogP contribution < -0.4 is 25.5 Å². The molecule has 0 saturated heterocycles. The minimum Gasteiger partial charge on any atom is -0.322 e. The van der Waals surface area contributed by atoms with E-state index in [1.807, 2.05) is 60.0 Å². The largest absolute Gasteiger partial charge is 0.322 e. The number of para-hydroxylation sites is 2. The monoisotopic (exact) mass is 498 g/mol. The number of amides is 2. The summed E-state index contributed by atoms with van der Waals surface area (Å²) in [5, 5.41) is 7.68. The van der Waals surface area contributed by atoms with Gasteiger partial charge in [-0.3, -0.25) is 19.0 Å². The number of thiazole rings is 1. The van der Waals surface area contributed by atoms with Crippen LogP contribution in [0.5, 0.6) is 0 Å². The molecule has 0 unspecified atom stereocenters. The van der Waals surface area contributed by atoms with Crippen LogP contribution in [0.3, 0.4) is 0 Å². The molecular formula is C26H18N4O3S2. The highest BCUT2D eigenvalue weighted by atomic mass is 32.1. The summed E-state index contributed by atoms with van der Waals surface area (Å²) in [7, 11) is 0. The number of allylic oxidation sites excluding steroid dienone is 1. The highest BCUT2D eigenvalue weighted by molar-refractivity contribution is 7.10. The number of hydrogen-bond donors (Lipinski definition) is 2. The molecule has 7 nitrogen and oxygen atoms in total. The fourth-order valence-corrected chi connectivity index (χ4v) is 6.41. The normalized spacial score (nSPS) is 18.0. The number of carbonyl (C=O) groups is 2. The molecule has 2 aromatic carbocycles. The van der Waals surface area contributed by atoms with Gasteiger partial charge in [0.2, 0.25) is 0 Å². The van der Waals surface area contributed by atoms with Gasteiger partial charge in [0.1, 0.15) is 10.6 Å². The number of aromatic nitrogens is 1. The Labute approximate surface area is 207 Å². The molecule has 2 aromatic heterocycles. The van der Waals surface area contributed by atoms with Crippen molar-refractivity contribution in [1.29, 1.82) is 0 Å². The zero-order chi connectivity index (χ0) is 24.1. The van der Waals surface area contributed by atoms with Gasteiger partial charge in [0.15, 0.2) is 4.80 Å². The molecule has 0 saturated carbocycles. The average Bonchev–Trinajstić information content (AvgIpc) is 3.56. The number of benzene rings is 2. The van der Waals surface area contributed by atoms with Crippen LogP contribution in [0, 0.1) is 0 Å². The molecule has 0 aliphatic carbocycles. The molecule has 0 radical (unpaired) electrons. The van der Waals surface area contributed by atoms with Gasteiger partial charge in [-0.05, 0) is 36.6 Å². The van der Waals surface area contributed by atoms with Gasteiger partial charge in [-0.25, -0.2) is 4.99 Å². The lowest BCUT2D eigenvalue weighted by atomic mass is 10.0. The van der Waals surface area contributed by atoms with Crippen LogP contribution in [0.25, 0.3) is 5.57 Å². The Balaban J connectivity index is 1.57. The maximum atomic E-state index is 13.9. The summed E-state index contributed by atoms with van der Waals surface area (Å²) in [6.07, 6.45) is 0. The Kier molecular flexibility index (Phi) is 5.09. The lowest BCUT2D eigenvalue weighted by Gasteiger charge is -2.24. The van der Waals surface area contributed by atoms with E-state index < -0.39 is 6.04 Å². The standard InChI is InChI=1S/C26H18N4O3S2/c1-14-19(23(31)28-15-8-3-2-4-9-15)21(18-12-7-13-34-18)30-25(33)22(35-26(30)27-14)20-16-10-5-6-11-17(16)29-24(20)32/h2-13,21H,1H3,(H,28,31)(H,29,32)/b22-20+/t21-/m0/s1. The van der Waals surface area contributed by atoms with Crippen molar-refractivity contribution in [1.82, 2.24) is 4.57 Å². The molecule has 6 rings (SSSR count). The number of anilines is 2. The van der Waals surface area contributed by atoms with Crippen LogP contribution in [0.2, 0.25) is 0 Å². The second kappa shape index (κ2) is 8.30. The zero-order valence-electron chi connectivity index (χ0n) is 18.4. The molecule has 2 N–H and O–H groups in total. The number of fused-ring (bicyclic) bond motifs is 2. The Morgan fingerprint density at radius 1 is 1.03 bits per heavy atom. The topological polar surface area (TPSA) is 92.6 Å². The number of nitrogens with zero attached hydrogens (tertiary/aromatic N) is 2. The molecule has 4 aromatic rings. The van der Waals surface area contributed by atoms with Crippen molar-refractivity contribution in [2.45, 2.75) is 13.0 Å². The van der Waals surface area contributed by atoms with Crippen LogP contribution in [-0.2, 0) is 9.59 Å². The summed E-state index contributed by atoms with van der Waals surface area (Å²) in [6, 6.07) is 19.6. The van der Waals surface area contributed by atoms with E-state index in [1.54, 1.807) is 23.6 Å². The first kappa shape index (κ1) is 21.5. The van der Waals surface area contributed by atoms with E-state index in [4.69, 9.17) is 0 Å².